The lowest BCUT2D eigenvalue weighted by Crippen LogP contribution is -2.51. The first-order chi connectivity index (χ1) is 29.4. The molecule has 1 aromatic heterocycles. The molecule has 0 atom stereocenters. The summed E-state index contributed by atoms with van der Waals surface area (Å²) in [4.78, 5) is 13.5. The molecule has 10 heteroatoms. The van der Waals surface area contributed by atoms with Crippen LogP contribution < -0.4 is 9.64 Å². The summed E-state index contributed by atoms with van der Waals surface area (Å²) in [6.07, 6.45) is 11.1. The highest BCUT2D eigenvalue weighted by Crippen LogP contribution is 2.49. The Morgan fingerprint density at radius 1 is 0.903 bits per heavy atom. The minimum atomic E-state index is -4.08. The summed E-state index contributed by atoms with van der Waals surface area (Å²) >= 11 is 0. The number of halogens is 2. The van der Waals surface area contributed by atoms with Gasteiger partial charge in [0.05, 0.1) is 18.1 Å². The molecule has 62 heavy (non-hydrogen) atoms. The number of allylic oxidation sites excluding steroid dienone is 6. The molecule has 0 bridgehead atoms. The van der Waals surface area contributed by atoms with E-state index >= 15 is 8.63 Å². The number of anilines is 1. The second kappa shape index (κ2) is 15.6. The number of ether oxygens (including phenoxy) is 1. The summed E-state index contributed by atoms with van der Waals surface area (Å²) in [5.41, 5.74) is 13.5. The van der Waals surface area contributed by atoms with Crippen LogP contribution in [0.25, 0.3) is 5.57 Å². The molecule has 5 heterocycles. The average Bonchev–Trinajstić information content (AvgIpc) is 3.84. The largest absolute Gasteiger partial charge is 0.737 e. The van der Waals surface area contributed by atoms with Crippen LogP contribution in [0, 0.1) is 25.7 Å². The standard InChI is InChI=1S/C52H55BF2N4O3/c1-33-29-35(3)58-49(33)48(50-34(2)30-36(4)59(50)53(58,54)55)39-26-24-38(32-44(39)62-10)23-22-37-25-27-42-41(31-37)52(7,8)45(56(42)9)19-16-20-46-51(5,6)40-17-13-14-18-43(40)57(46)28-15-11-12-21-47(60)61/h13-14,16-20,24-27,29-32H,11-12,15,21,28H2,1-10H3/p+1. The molecule has 1 N–H and O–H groups in total. The van der Waals surface area contributed by atoms with E-state index in [1.54, 1.807) is 21.0 Å². The monoisotopic (exact) mass is 833 g/mol. The van der Waals surface area contributed by atoms with E-state index in [1.807, 2.05) is 44.2 Å². The highest BCUT2D eigenvalue weighted by molar-refractivity contribution is 6.58. The molecule has 0 radical (unpaired) electrons. The van der Waals surface area contributed by atoms with Crippen molar-refractivity contribution in [3.63, 3.8) is 0 Å². The first kappa shape index (κ1) is 42.5. The lowest BCUT2D eigenvalue weighted by atomic mass is 9.80. The number of aryl methyl sites for hydroxylation is 2. The van der Waals surface area contributed by atoms with Gasteiger partial charge in [-0.3, -0.25) is 4.79 Å². The minimum absolute atomic E-state index is 0.188. The van der Waals surface area contributed by atoms with Gasteiger partial charge in [0.1, 0.15) is 18.5 Å². The van der Waals surface area contributed by atoms with Crippen LogP contribution in [0.5, 0.6) is 5.75 Å². The number of para-hydroxylation sites is 1. The minimum Gasteiger partial charge on any atom is -0.496 e. The third-order valence-corrected chi connectivity index (χ3v) is 13.4. The van der Waals surface area contributed by atoms with Crippen LogP contribution in [0.2, 0.25) is 0 Å². The fourth-order valence-electron chi connectivity index (χ4n) is 10.4. The van der Waals surface area contributed by atoms with Crippen molar-refractivity contribution in [1.29, 1.82) is 0 Å². The maximum Gasteiger partial charge on any atom is 0.737 e. The fourth-order valence-corrected chi connectivity index (χ4v) is 10.4. The number of aliphatic carboxylic acids is 1. The van der Waals surface area contributed by atoms with Crippen molar-refractivity contribution in [1.82, 2.24) is 4.48 Å². The number of carboxylic acids is 1. The molecule has 4 aromatic rings. The lowest BCUT2D eigenvalue weighted by Gasteiger charge is -2.34. The molecule has 0 saturated carbocycles. The fraction of sp³-hybridized carbons (Fsp3) is 0.327. The number of carbonyl (C=O) groups is 1. The molecule has 0 saturated heterocycles. The van der Waals surface area contributed by atoms with Crippen molar-refractivity contribution in [2.24, 2.45) is 0 Å². The molecule has 0 fully saturated rings. The normalized spacial score (nSPS) is 18.5. The van der Waals surface area contributed by atoms with Crippen LogP contribution in [0.4, 0.5) is 20.0 Å². The van der Waals surface area contributed by atoms with Crippen molar-refractivity contribution in [3.8, 4) is 17.6 Å². The summed E-state index contributed by atoms with van der Waals surface area (Å²) < 4.78 is 43.2. The predicted molar refractivity (Wildman–Crippen MR) is 247 cm³/mol. The zero-order valence-corrected chi connectivity index (χ0v) is 37.6. The number of hydrogen-bond acceptors (Lipinski definition) is 3. The van der Waals surface area contributed by atoms with Crippen LogP contribution in [0.3, 0.4) is 0 Å². The summed E-state index contributed by atoms with van der Waals surface area (Å²) in [6, 6.07) is 22.6. The van der Waals surface area contributed by atoms with Gasteiger partial charge in [-0.2, -0.15) is 4.58 Å². The molecule has 0 amide bonds. The van der Waals surface area contributed by atoms with E-state index < -0.39 is 12.9 Å². The molecule has 0 aliphatic carbocycles. The van der Waals surface area contributed by atoms with Gasteiger partial charge in [0.15, 0.2) is 11.4 Å². The summed E-state index contributed by atoms with van der Waals surface area (Å²) in [5.74, 6) is 6.59. The van der Waals surface area contributed by atoms with E-state index in [2.05, 4.69) is 117 Å². The van der Waals surface area contributed by atoms with Gasteiger partial charge in [-0.05, 0) is 113 Å². The number of nitrogens with zero attached hydrogens (tertiary/aromatic N) is 4. The van der Waals surface area contributed by atoms with E-state index in [0.717, 1.165) is 58.5 Å². The predicted octanol–water partition coefficient (Wildman–Crippen LogP) is 10.8. The number of aromatic nitrogens is 1. The van der Waals surface area contributed by atoms with Crippen LogP contribution in [0.15, 0.2) is 108 Å². The van der Waals surface area contributed by atoms with Gasteiger partial charge >= 0.3 is 12.9 Å². The van der Waals surface area contributed by atoms with Crippen LogP contribution >= 0.6 is 0 Å². The summed E-state index contributed by atoms with van der Waals surface area (Å²) in [5, 5.41) is 9.11. The van der Waals surface area contributed by atoms with Gasteiger partial charge in [-0.25, -0.2) is 0 Å². The maximum absolute atomic E-state index is 16.3. The Morgan fingerprint density at radius 3 is 2.34 bits per heavy atom. The number of carboxylic acid groups (broad SMARTS) is 1. The number of unbranched alkanes of at least 4 members (excludes halogenated alkanes) is 2. The SMILES string of the molecule is COc1cc(C#Cc2ccc3c(c2)C(C)(C)C(/C=C/C=C2/N(CCCCCC(=O)O)c4ccccc4C2(C)C)=[N+]3C)ccc1C1=C2C(C)=CC(C)=[N+]2[B-](F)(F)n2c(C)cc(C)c21. The molecule has 4 aliphatic rings. The third-order valence-electron chi connectivity index (χ3n) is 13.4. The smallest absolute Gasteiger partial charge is 0.496 e. The van der Waals surface area contributed by atoms with E-state index in [1.165, 1.54) is 37.2 Å². The summed E-state index contributed by atoms with van der Waals surface area (Å²) in [7, 11) is 3.73. The zero-order valence-electron chi connectivity index (χ0n) is 37.6. The van der Waals surface area contributed by atoms with Gasteiger partial charge in [-0.15, -0.1) is 0 Å². The molecule has 7 nitrogen and oxygen atoms in total. The molecular weight excluding hydrogens is 777 g/mol. The molecule has 4 aliphatic heterocycles. The Morgan fingerprint density at radius 2 is 1.61 bits per heavy atom. The van der Waals surface area contributed by atoms with Crippen molar-refractivity contribution < 1.29 is 32.3 Å². The van der Waals surface area contributed by atoms with Crippen molar-refractivity contribution in [2.45, 2.75) is 91.9 Å². The van der Waals surface area contributed by atoms with Crippen molar-refractivity contribution >= 4 is 41.3 Å². The quantitative estimate of drug-likeness (QED) is 0.0748. The lowest BCUT2D eigenvalue weighted by molar-refractivity contribution is -0.401. The number of rotatable bonds is 10. The average molecular weight is 834 g/mol. The Hall–Kier alpha value is -6.21. The molecule has 318 valence electrons. The van der Waals surface area contributed by atoms with E-state index in [-0.39, 0.29) is 17.3 Å². The zero-order chi connectivity index (χ0) is 44.5. The Kier molecular flexibility index (Phi) is 10.7. The second-order valence-corrected chi connectivity index (χ2v) is 18.2. The number of benzene rings is 3. The highest BCUT2D eigenvalue weighted by Gasteiger charge is 2.55. The van der Waals surface area contributed by atoms with Crippen molar-refractivity contribution in [3.05, 3.63) is 153 Å². The molecule has 0 unspecified atom stereocenters. The van der Waals surface area contributed by atoms with Crippen LogP contribution in [-0.4, -0.2) is 63.7 Å². The topological polar surface area (TPSA) is 60.7 Å². The molecule has 0 spiro atoms. The summed E-state index contributed by atoms with van der Waals surface area (Å²) in [6.45, 7) is 13.1. The van der Waals surface area contributed by atoms with Crippen LogP contribution in [-0.2, 0) is 15.6 Å². The van der Waals surface area contributed by atoms with Gasteiger partial charge in [-0.1, -0.05) is 56.4 Å². The first-order valence-electron chi connectivity index (χ1n) is 21.6. The number of methoxy groups -OCH3 is 1. The first-order valence-corrected chi connectivity index (χ1v) is 21.6. The van der Waals surface area contributed by atoms with Gasteiger partial charge in [0.2, 0.25) is 5.69 Å². The van der Waals surface area contributed by atoms with Gasteiger partial charge < -0.3 is 32.3 Å². The Labute approximate surface area is 364 Å². The van der Waals surface area contributed by atoms with Crippen molar-refractivity contribution in [2.75, 3.05) is 25.6 Å². The molecular formula is C52H56BF2N4O3+. The third kappa shape index (κ3) is 6.86. The van der Waals surface area contributed by atoms with E-state index in [0.29, 0.717) is 35.0 Å². The second-order valence-electron chi connectivity index (χ2n) is 18.2. The molecule has 8 rings (SSSR count). The number of fused-ring (bicyclic) bond motifs is 4. The highest BCUT2D eigenvalue weighted by atomic mass is 19.2. The van der Waals surface area contributed by atoms with Gasteiger partial charge in [0, 0.05) is 88.4 Å². The van der Waals surface area contributed by atoms with E-state index in [9.17, 15) is 4.79 Å². The number of hydrogen-bond donors (Lipinski definition) is 1. The molecule has 3 aromatic carbocycles. The van der Waals surface area contributed by atoms with Gasteiger partial charge in [0.25, 0.3) is 0 Å². The Balaban J connectivity index is 1.06. The van der Waals surface area contributed by atoms with E-state index in [4.69, 9.17) is 9.84 Å². The van der Waals surface area contributed by atoms with Crippen LogP contribution in [0.1, 0.15) is 112 Å². The maximum atomic E-state index is 16.3. The Bertz CT molecular complexity index is 2840.